The maximum atomic E-state index is 12.4. The molecule has 0 aliphatic rings. The molecule has 0 unspecified atom stereocenters. The maximum Gasteiger partial charge on any atom is 0.221 e. The van der Waals surface area contributed by atoms with Crippen LogP contribution in [0.2, 0.25) is 0 Å². The summed E-state index contributed by atoms with van der Waals surface area (Å²) in [6.07, 6.45) is 5.09. The van der Waals surface area contributed by atoms with Gasteiger partial charge in [-0.1, -0.05) is 41.5 Å². The fraction of sp³-hybridized carbons (Fsp3) is 0.950. The van der Waals surface area contributed by atoms with E-state index in [2.05, 4.69) is 46.9 Å². The van der Waals surface area contributed by atoms with Gasteiger partial charge in [-0.25, -0.2) is 0 Å². The third-order valence-corrected chi connectivity index (χ3v) is 6.62. The summed E-state index contributed by atoms with van der Waals surface area (Å²) in [5.41, 5.74) is 5.35. The average Bonchev–Trinajstić information content (AvgIpc) is 2.61. The lowest BCUT2D eigenvalue weighted by atomic mass is 9.90. The van der Waals surface area contributed by atoms with E-state index in [1.165, 1.54) is 0 Å². The van der Waals surface area contributed by atoms with Crippen molar-refractivity contribution in [1.82, 2.24) is 5.32 Å². The third-order valence-electron chi connectivity index (χ3n) is 5.23. The number of amides is 1. The first-order valence-electron chi connectivity index (χ1n) is 10.0. The molecule has 0 aliphatic carbocycles. The fourth-order valence-electron chi connectivity index (χ4n) is 2.94. The molecule has 0 bridgehead atoms. The zero-order valence-electron chi connectivity index (χ0n) is 17.5. The molecular formula is C20H42N2O2S. The van der Waals surface area contributed by atoms with E-state index in [9.17, 15) is 4.79 Å². The van der Waals surface area contributed by atoms with Crippen molar-refractivity contribution in [3.8, 4) is 0 Å². The summed E-state index contributed by atoms with van der Waals surface area (Å²) in [5.74, 6) is 2.80. The number of hydrogen-bond acceptors (Lipinski definition) is 4. The number of nitrogens with one attached hydrogen (secondary N) is 1. The summed E-state index contributed by atoms with van der Waals surface area (Å²) in [7, 11) is 0. The van der Waals surface area contributed by atoms with Crippen LogP contribution >= 0.6 is 11.8 Å². The highest BCUT2D eigenvalue weighted by Gasteiger charge is 2.33. The van der Waals surface area contributed by atoms with Gasteiger partial charge in [-0.2, -0.15) is 11.8 Å². The van der Waals surface area contributed by atoms with Gasteiger partial charge in [-0.3, -0.25) is 4.79 Å². The lowest BCUT2D eigenvalue weighted by Crippen LogP contribution is -2.53. The van der Waals surface area contributed by atoms with Crippen LogP contribution in [0, 0.1) is 5.92 Å². The van der Waals surface area contributed by atoms with E-state index in [-0.39, 0.29) is 17.0 Å². The van der Waals surface area contributed by atoms with Crippen LogP contribution in [0.25, 0.3) is 0 Å². The number of carbonyl (C=O) groups excluding carboxylic acids is 1. The van der Waals surface area contributed by atoms with Gasteiger partial charge in [0, 0.05) is 12.2 Å². The lowest BCUT2D eigenvalue weighted by molar-refractivity contribution is -0.127. The second kappa shape index (κ2) is 13.0. The van der Waals surface area contributed by atoms with E-state index in [0.717, 1.165) is 43.6 Å². The van der Waals surface area contributed by atoms with Gasteiger partial charge >= 0.3 is 0 Å². The van der Waals surface area contributed by atoms with Crippen molar-refractivity contribution < 1.29 is 9.53 Å². The molecule has 0 atom stereocenters. The summed E-state index contributed by atoms with van der Waals surface area (Å²) in [6, 6.07) is 0. The molecule has 0 heterocycles. The Morgan fingerprint density at radius 2 is 1.72 bits per heavy atom. The smallest absolute Gasteiger partial charge is 0.221 e. The molecule has 0 rings (SSSR count). The van der Waals surface area contributed by atoms with Crippen LogP contribution in [0.15, 0.2) is 0 Å². The molecule has 4 nitrogen and oxygen atoms in total. The molecule has 0 radical (unpaired) electrons. The lowest BCUT2D eigenvalue weighted by Gasteiger charge is -2.39. The van der Waals surface area contributed by atoms with Crippen LogP contribution < -0.4 is 11.1 Å². The molecule has 0 saturated carbocycles. The van der Waals surface area contributed by atoms with Crippen molar-refractivity contribution in [2.45, 2.75) is 91.2 Å². The number of nitrogens with two attached hydrogens (primary N) is 1. The van der Waals surface area contributed by atoms with Crippen LogP contribution in [0.4, 0.5) is 0 Å². The minimum atomic E-state index is -0.274. The number of hydrogen-bond donors (Lipinski definition) is 2. The molecule has 3 N–H and O–H groups in total. The second-order valence-corrected chi connectivity index (χ2v) is 8.62. The van der Waals surface area contributed by atoms with Gasteiger partial charge in [0.15, 0.2) is 0 Å². The zero-order valence-corrected chi connectivity index (χ0v) is 18.3. The van der Waals surface area contributed by atoms with E-state index < -0.39 is 0 Å². The maximum absolute atomic E-state index is 12.4. The summed E-state index contributed by atoms with van der Waals surface area (Å²) < 4.78 is 6.37. The Hall–Kier alpha value is -0.260. The SMILES string of the molecule is CCC(CC)(COC(CC)(CC)CCN)NC(=O)CCSCC(C)C. The van der Waals surface area contributed by atoms with E-state index in [0.29, 0.717) is 25.5 Å². The van der Waals surface area contributed by atoms with Crippen LogP contribution in [-0.2, 0) is 9.53 Å². The first-order valence-corrected chi connectivity index (χ1v) is 11.2. The molecular weight excluding hydrogens is 332 g/mol. The molecule has 0 spiro atoms. The predicted octanol–water partition coefficient (Wildman–Crippen LogP) is 4.36. The van der Waals surface area contributed by atoms with Gasteiger partial charge in [-0.05, 0) is 50.3 Å². The molecule has 0 fully saturated rings. The average molecular weight is 375 g/mol. The van der Waals surface area contributed by atoms with Gasteiger partial charge < -0.3 is 15.8 Å². The summed E-state index contributed by atoms with van der Waals surface area (Å²) in [6.45, 7) is 14.2. The predicted molar refractivity (Wildman–Crippen MR) is 111 cm³/mol. The van der Waals surface area contributed by atoms with E-state index in [1.807, 2.05) is 11.8 Å². The topological polar surface area (TPSA) is 64.3 Å². The van der Waals surface area contributed by atoms with E-state index in [1.54, 1.807) is 0 Å². The monoisotopic (exact) mass is 374 g/mol. The van der Waals surface area contributed by atoms with Gasteiger partial charge in [0.1, 0.15) is 0 Å². The first-order chi connectivity index (χ1) is 11.8. The zero-order chi connectivity index (χ0) is 19.3. The first kappa shape index (κ1) is 24.7. The number of ether oxygens (including phenoxy) is 1. The van der Waals surface area contributed by atoms with Crippen molar-refractivity contribution >= 4 is 17.7 Å². The standard InChI is InChI=1S/C20H42N2O2S/c1-7-19(8-2,16-24-20(9-3,10-4)12-13-21)22-18(23)11-14-25-15-17(5)6/h17H,7-16,21H2,1-6H3,(H,22,23). The number of thioether (sulfide) groups is 1. The van der Waals surface area contributed by atoms with E-state index >= 15 is 0 Å². The minimum Gasteiger partial charge on any atom is -0.373 e. The van der Waals surface area contributed by atoms with E-state index in [4.69, 9.17) is 10.5 Å². The van der Waals surface area contributed by atoms with Crippen LogP contribution in [-0.4, -0.2) is 41.7 Å². The van der Waals surface area contributed by atoms with Crippen molar-refractivity contribution in [2.75, 3.05) is 24.7 Å². The highest BCUT2D eigenvalue weighted by Crippen LogP contribution is 2.27. The summed E-state index contributed by atoms with van der Waals surface area (Å²) in [5, 5.41) is 3.27. The quantitative estimate of drug-likeness (QED) is 0.418. The molecule has 1 amide bonds. The van der Waals surface area contributed by atoms with Crippen molar-refractivity contribution in [3.63, 3.8) is 0 Å². The Bertz CT molecular complexity index is 354. The van der Waals surface area contributed by atoms with Gasteiger partial charge in [0.25, 0.3) is 0 Å². The molecule has 25 heavy (non-hydrogen) atoms. The number of carbonyl (C=O) groups is 1. The fourth-order valence-corrected chi connectivity index (χ4v) is 3.91. The van der Waals surface area contributed by atoms with Crippen molar-refractivity contribution in [1.29, 1.82) is 0 Å². The Morgan fingerprint density at radius 3 is 2.16 bits per heavy atom. The van der Waals surface area contributed by atoms with Gasteiger partial charge in [-0.15, -0.1) is 0 Å². The summed E-state index contributed by atoms with van der Waals surface area (Å²) >= 11 is 1.86. The second-order valence-electron chi connectivity index (χ2n) is 7.47. The highest BCUT2D eigenvalue weighted by molar-refractivity contribution is 7.99. The molecule has 0 aliphatic heterocycles. The molecule has 0 aromatic rings. The normalized spacial score (nSPS) is 12.6. The highest BCUT2D eigenvalue weighted by atomic mass is 32.2. The Labute approximate surface area is 160 Å². The molecule has 0 saturated heterocycles. The molecule has 0 aromatic carbocycles. The third kappa shape index (κ3) is 9.30. The van der Waals surface area contributed by atoms with Crippen molar-refractivity contribution in [2.24, 2.45) is 11.7 Å². The largest absolute Gasteiger partial charge is 0.373 e. The summed E-state index contributed by atoms with van der Waals surface area (Å²) in [4.78, 5) is 12.4. The molecule has 0 aromatic heterocycles. The van der Waals surface area contributed by atoms with Gasteiger partial charge in [0.05, 0.1) is 17.7 Å². The molecule has 5 heteroatoms. The van der Waals surface area contributed by atoms with Crippen molar-refractivity contribution in [3.05, 3.63) is 0 Å². The number of rotatable bonds is 15. The van der Waals surface area contributed by atoms with Crippen LogP contribution in [0.3, 0.4) is 0 Å². The van der Waals surface area contributed by atoms with Crippen LogP contribution in [0.1, 0.15) is 80.1 Å². The Balaban J connectivity index is 4.68. The Morgan fingerprint density at radius 1 is 1.12 bits per heavy atom. The van der Waals surface area contributed by atoms with Crippen LogP contribution in [0.5, 0.6) is 0 Å². The minimum absolute atomic E-state index is 0.140. The molecule has 150 valence electrons. The van der Waals surface area contributed by atoms with Gasteiger partial charge in [0.2, 0.25) is 5.91 Å². The Kier molecular flexibility index (Phi) is 12.9.